The predicted molar refractivity (Wildman–Crippen MR) is 55.1 cm³/mol. The molecule has 0 radical (unpaired) electrons. The van der Waals surface area contributed by atoms with Gasteiger partial charge < -0.3 is 4.42 Å². The summed E-state index contributed by atoms with van der Waals surface area (Å²) in [6, 6.07) is 9.88. The molecule has 14 heavy (non-hydrogen) atoms. The average Bonchev–Trinajstić information content (AvgIpc) is 2.86. The van der Waals surface area contributed by atoms with Crippen LogP contribution in [0.25, 0.3) is 22.4 Å². The molecule has 68 valence electrons. The molecule has 0 bridgehead atoms. The van der Waals surface area contributed by atoms with Crippen molar-refractivity contribution in [2.45, 2.75) is 0 Å². The van der Waals surface area contributed by atoms with E-state index < -0.39 is 0 Å². The molecule has 3 rings (SSSR count). The maximum absolute atomic E-state index is 5.62. The lowest BCUT2D eigenvalue weighted by atomic mass is 10.2. The molecule has 0 N–H and O–H groups in total. The number of para-hydroxylation sites is 1. The van der Waals surface area contributed by atoms with Gasteiger partial charge in [0, 0.05) is 10.8 Å². The van der Waals surface area contributed by atoms with Gasteiger partial charge in [-0.05, 0) is 23.7 Å². The number of hydrogen-bond acceptors (Lipinski definition) is 4. The zero-order chi connectivity index (χ0) is 9.38. The fraction of sp³-hybridized carbons (Fsp3) is 0. The molecule has 0 amide bonds. The molecule has 3 nitrogen and oxygen atoms in total. The smallest absolute Gasteiger partial charge is 0.156 e. The van der Waals surface area contributed by atoms with Crippen LogP contribution in [-0.2, 0) is 0 Å². The molecular weight excluding hydrogens is 196 g/mol. The van der Waals surface area contributed by atoms with Crippen LogP contribution in [0.1, 0.15) is 0 Å². The highest BCUT2D eigenvalue weighted by atomic mass is 32.1. The van der Waals surface area contributed by atoms with Crippen LogP contribution in [0.3, 0.4) is 0 Å². The number of aromatic nitrogens is 2. The van der Waals surface area contributed by atoms with Crippen molar-refractivity contribution < 1.29 is 4.42 Å². The first kappa shape index (κ1) is 7.70. The second-order valence-electron chi connectivity index (χ2n) is 2.94. The quantitative estimate of drug-likeness (QED) is 0.609. The van der Waals surface area contributed by atoms with Gasteiger partial charge >= 0.3 is 0 Å². The number of rotatable bonds is 1. The van der Waals surface area contributed by atoms with Crippen molar-refractivity contribution in [3.8, 4) is 11.5 Å². The van der Waals surface area contributed by atoms with Crippen LogP contribution in [0, 0.1) is 0 Å². The summed E-state index contributed by atoms with van der Waals surface area (Å²) in [4.78, 5) is 0. The van der Waals surface area contributed by atoms with Gasteiger partial charge in [0.2, 0.25) is 0 Å². The zero-order valence-corrected chi connectivity index (χ0v) is 7.99. The summed E-state index contributed by atoms with van der Waals surface area (Å²) >= 11 is 1.32. The van der Waals surface area contributed by atoms with E-state index in [4.69, 9.17) is 4.42 Å². The topological polar surface area (TPSA) is 38.9 Å². The Kier molecular flexibility index (Phi) is 1.61. The van der Waals surface area contributed by atoms with Crippen LogP contribution in [0.5, 0.6) is 0 Å². The molecule has 2 heterocycles. The highest BCUT2D eigenvalue weighted by Gasteiger charge is 2.07. The first-order chi connectivity index (χ1) is 6.93. The molecule has 0 aliphatic carbocycles. The van der Waals surface area contributed by atoms with Gasteiger partial charge in [-0.2, -0.15) is 0 Å². The third kappa shape index (κ3) is 1.12. The van der Waals surface area contributed by atoms with Crippen molar-refractivity contribution in [3.05, 3.63) is 35.7 Å². The Hall–Kier alpha value is -1.68. The predicted octanol–water partition coefficient (Wildman–Crippen LogP) is 2.95. The Balaban J connectivity index is 2.24. The highest BCUT2D eigenvalue weighted by Crippen LogP contribution is 2.26. The molecule has 4 heteroatoms. The van der Waals surface area contributed by atoms with E-state index in [-0.39, 0.29) is 0 Å². The molecule has 2 aromatic heterocycles. The molecular formula is C10H6N2OS. The van der Waals surface area contributed by atoms with Gasteiger partial charge in [0.25, 0.3) is 0 Å². The molecule has 3 aromatic rings. The minimum absolute atomic E-state index is 0.778. The van der Waals surface area contributed by atoms with Crippen LogP contribution < -0.4 is 0 Å². The number of nitrogens with zero attached hydrogens (tertiary/aromatic N) is 2. The van der Waals surface area contributed by atoms with Crippen molar-refractivity contribution in [1.82, 2.24) is 9.59 Å². The SMILES string of the molecule is c1ccc2oc(-c3csnn3)cc2c1. The summed E-state index contributed by atoms with van der Waals surface area (Å²) in [5.41, 5.74) is 1.68. The van der Waals surface area contributed by atoms with Gasteiger partial charge in [0.1, 0.15) is 11.3 Å². The average molecular weight is 202 g/mol. The summed E-state index contributed by atoms with van der Waals surface area (Å²) in [7, 11) is 0. The molecule has 0 aliphatic heterocycles. The van der Waals surface area contributed by atoms with Crippen molar-refractivity contribution in [2.24, 2.45) is 0 Å². The van der Waals surface area contributed by atoms with Gasteiger partial charge in [-0.25, -0.2) is 0 Å². The Labute approximate surface area is 84.2 Å². The Morgan fingerprint density at radius 1 is 1.21 bits per heavy atom. The minimum atomic E-state index is 0.778. The number of hydrogen-bond donors (Lipinski definition) is 0. The monoisotopic (exact) mass is 202 g/mol. The minimum Gasteiger partial charge on any atom is -0.454 e. The summed E-state index contributed by atoms with van der Waals surface area (Å²) in [6.45, 7) is 0. The van der Waals surface area contributed by atoms with Gasteiger partial charge in [0.15, 0.2) is 5.76 Å². The fourth-order valence-electron chi connectivity index (χ4n) is 1.38. The second kappa shape index (κ2) is 2.92. The van der Waals surface area contributed by atoms with Crippen molar-refractivity contribution in [1.29, 1.82) is 0 Å². The summed E-state index contributed by atoms with van der Waals surface area (Å²) in [5.74, 6) is 0.778. The van der Waals surface area contributed by atoms with E-state index in [2.05, 4.69) is 9.59 Å². The third-order valence-electron chi connectivity index (χ3n) is 2.04. The van der Waals surface area contributed by atoms with Gasteiger partial charge in [-0.3, -0.25) is 0 Å². The van der Waals surface area contributed by atoms with Crippen LogP contribution in [0.4, 0.5) is 0 Å². The van der Waals surface area contributed by atoms with Crippen LogP contribution in [0.2, 0.25) is 0 Å². The lowest BCUT2D eigenvalue weighted by Crippen LogP contribution is -1.71. The summed E-state index contributed by atoms with van der Waals surface area (Å²) in [6.07, 6.45) is 0. The van der Waals surface area contributed by atoms with E-state index in [0.29, 0.717) is 0 Å². The van der Waals surface area contributed by atoms with E-state index in [1.165, 1.54) is 11.5 Å². The van der Waals surface area contributed by atoms with Gasteiger partial charge in [-0.15, -0.1) is 5.10 Å². The summed E-state index contributed by atoms with van der Waals surface area (Å²) in [5, 5.41) is 6.92. The van der Waals surface area contributed by atoms with Gasteiger partial charge in [-0.1, -0.05) is 22.7 Å². The first-order valence-corrected chi connectivity index (χ1v) is 5.03. The highest BCUT2D eigenvalue weighted by molar-refractivity contribution is 7.03. The number of furan rings is 1. The molecule has 0 atom stereocenters. The maximum Gasteiger partial charge on any atom is 0.156 e. The Bertz CT molecular complexity index is 523. The largest absolute Gasteiger partial charge is 0.454 e. The lowest BCUT2D eigenvalue weighted by molar-refractivity contribution is 0.628. The lowest BCUT2D eigenvalue weighted by Gasteiger charge is -1.84. The number of benzene rings is 1. The Morgan fingerprint density at radius 2 is 2.14 bits per heavy atom. The first-order valence-electron chi connectivity index (χ1n) is 4.19. The van der Waals surface area contributed by atoms with E-state index >= 15 is 0 Å². The van der Waals surface area contributed by atoms with E-state index in [1.807, 2.05) is 35.7 Å². The maximum atomic E-state index is 5.62. The fourth-order valence-corrected chi connectivity index (χ4v) is 1.83. The number of fused-ring (bicyclic) bond motifs is 1. The van der Waals surface area contributed by atoms with Crippen molar-refractivity contribution in [3.63, 3.8) is 0 Å². The summed E-state index contributed by atoms with van der Waals surface area (Å²) < 4.78 is 9.42. The molecule has 0 saturated carbocycles. The third-order valence-corrected chi connectivity index (χ3v) is 2.54. The zero-order valence-electron chi connectivity index (χ0n) is 7.18. The van der Waals surface area contributed by atoms with Crippen LogP contribution >= 0.6 is 11.5 Å². The Morgan fingerprint density at radius 3 is 2.93 bits per heavy atom. The molecule has 0 saturated heterocycles. The molecule has 0 fully saturated rings. The molecule has 1 aromatic carbocycles. The molecule has 0 unspecified atom stereocenters. The van der Waals surface area contributed by atoms with Gasteiger partial charge in [0.05, 0.1) is 0 Å². The van der Waals surface area contributed by atoms with E-state index in [9.17, 15) is 0 Å². The van der Waals surface area contributed by atoms with Crippen LogP contribution in [-0.4, -0.2) is 9.59 Å². The normalized spacial score (nSPS) is 10.9. The standard InChI is InChI=1S/C10H6N2OS/c1-2-4-9-7(3-1)5-10(13-9)8-6-14-12-11-8/h1-6H. The second-order valence-corrected chi connectivity index (χ2v) is 3.55. The molecule has 0 aliphatic rings. The molecule has 0 spiro atoms. The van der Waals surface area contributed by atoms with E-state index in [1.54, 1.807) is 0 Å². The van der Waals surface area contributed by atoms with Crippen LogP contribution in [0.15, 0.2) is 40.1 Å². The van der Waals surface area contributed by atoms with Crippen molar-refractivity contribution in [2.75, 3.05) is 0 Å². The van der Waals surface area contributed by atoms with E-state index in [0.717, 1.165) is 22.4 Å². The van der Waals surface area contributed by atoms with Crippen molar-refractivity contribution >= 4 is 22.5 Å².